The monoisotopic (exact) mass is 358 g/mol. The normalized spacial score (nSPS) is 22.0. The fourth-order valence-electron chi connectivity index (χ4n) is 3.02. The molecule has 2 aromatic carbocycles. The van der Waals surface area contributed by atoms with Crippen LogP contribution < -0.4 is 4.90 Å². The Morgan fingerprint density at radius 3 is 2.56 bits per heavy atom. The van der Waals surface area contributed by atoms with Gasteiger partial charge in [0, 0.05) is 5.02 Å². The second-order valence-electron chi connectivity index (χ2n) is 5.81. The number of halogens is 2. The highest BCUT2D eigenvalue weighted by Crippen LogP contribution is 2.32. The fraction of sp³-hybridized carbons (Fsp3) is 0.176. The van der Waals surface area contributed by atoms with Crippen LogP contribution in [0.3, 0.4) is 0 Å². The third-order valence-corrected chi connectivity index (χ3v) is 4.41. The quantitative estimate of drug-likeness (QED) is 0.792. The lowest BCUT2D eigenvalue weighted by Crippen LogP contribution is -2.39. The van der Waals surface area contributed by atoms with Crippen LogP contribution in [0.15, 0.2) is 58.9 Å². The van der Waals surface area contributed by atoms with Crippen molar-refractivity contribution in [2.75, 3.05) is 4.90 Å². The van der Waals surface area contributed by atoms with Gasteiger partial charge in [0.2, 0.25) is 0 Å². The van der Waals surface area contributed by atoms with E-state index in [9.17, 15) is 14.0 Å². The summed E-state index contributed by atoms with van der Waals surface area (Å²) in [5, 5.41) is 9.99. The summed E-state index contributed by atoms with van der Waals surface area (Å²) < 4.78 is 13.1. The number of hydrogen-bond acceptors (Lipinski definition) is 5. The van der Waals surface area contributed by atoms with Crippen molar-refractivity contribution in [2.45, 2.75) is 18.6 Å². The van der Waals surface area contributed by atoms with Gasteiger partial charge in [-0.2, -0.15) is 5.11 Å². The zero-order valence-corrected chi connectivity index (χ0v) is 13.6. The van der Waals surface area contributed by atoms with E-state index >= 15 is 0 Å². The first-order valence-corrected chi connectivity index (χ1v) is 7.97. The van der Waals surface area contributed by atoms with Crippen LogP contribution >= 0.6 is 11.6 Å². The molecule has 0 spiro atoms. The summed E-state index contributed by atoms with van der Waals surface area (Å²) >= 11 is 5.98. The molecule has 126 valence electrons. The molecule has 2 amide bonds. The minimum absolute atomic E-state index is 0.307. The molecule has 6 nitrogen and oxygen atoms in total. The standard InChI is InChI=1S/C17H12ClFN4O2/c18-11-3-1-2-10(8-11)9-22-15-14(20-21-22)16(24)23(17(15)25)13-6-4-12(19)5-7-13/h1-8,14-15H,9H2/t14-,15+/m0/s1. The Morgan fingerprint density at radius 1 is 1.08 bits per heavy atom. The Hall–Kier alpha value is -2.80. The van der Waals surface area contributed by atoms with E-state index in [1.807, 2.05) is 6.07 Å². The minimum Gasteiger partial charge on any atom is -0.271 e. The molecule has 0 unspecified atom stereocenters. The predicted molar refractivity (Wildman–Crippen MR) is 88.3 cm³/mol. The fourth-order valence-corrected chi connectivity index (χ4v) is 3.23. The maximum atomic E-state index is 13.1. The molecule has 0 radical (unpaired) electrons. The van der Waals surface area contributed by atoms with E-state index in [4.69, 9.17) is 11.6 Å². The smallest absolute Gasteiger partial charge is 0.263 e. The van der Waals surface area contributed by atoms with Crippen molar-refractivity contribution in [1.82, 2.24) is 5.01 Å². The van der Waals surface area contributed by atoms with Crippen molar-refractivity contribution in [3.8, 4) is 0 Å². The zero-order chi connectivity index (χ0) is 17.6. The molecule has 0 saturated carbocycles. The maximum Gasteiger partial charge on any atom is 0.263 e. The Bertz CT molecular complexity index is 886. The lowest BCUT2D eigenvalue weighted by atomic mass is 10.1. The molecule has 1 fully saturated rings. The Kier molecular flexibility index (Phi) is 3.73. The van der Waals surface area contributed by atoms with Crippen LogP contribution in [0.25, 0.3) is 0 Å². The molecule has 2 aromatic rings. The van der Waals surface area contributed by atoms with Crippen molar-refractivity contribution in [2.24, 2.45) is 10.3 Å². The molecule has 1 saturated heterocycles. The number of nitrogens with zero attached hydrogens (tertiary/aromatic N) is 4. The van der Waals surface area contributed by atoms with Crippen LogP contribution in [0, 0.1) is 5.82 Å². The summed E-state index contributed by atoms with van der Waals surface area (Å²) in [7, 11) is 0. The lowest BCUT2D eigenvalue weighted by molar-refractivity contribution is -0.123. The SMILES string of the molecule is O=C1[C@H]2N=NN(Cc3cccc(Cl)c3)[C@H]2C(=O)N1c1ccc(F)cc1. The first-order chi connectivity index (χ1) is 12.0. The molecule has 0 bridgehead atoms. The molecular formula is C17H12ClFN4O2. The molecule has 2 atom stereocenters. The number of benzene rings is 2. The molecule has 2 aliphatic rings. The number of carbonyl (C=O) groups excluding carboxylic acids is 2. The van der Waals surface area contributed by atoms with Gasteiger partial charge < -0.3 is 0 Å². The second-order valence-corrected chi connectivity index (χ2v) is 6.25. The van der Waals surface area contributed by atoms with Gasteiger partial charge in [0.15, 0.2) is 12.1 Å². The van der Waals surface area contributed by atoms with Crippen LogP contribution in [-0.2, 0) is 16.1 Å². The van der Waals surface area contributed by atoms with Crippen LogP contribution in [0.2, 0.25) is 5.02 Å². The summed E-state index contributed by atoms with van der Waals surface area (Å²) in [6.45, 7) is 0.307. The zero-order valence-electron chi connectivity index (χ0n) is 12.8. The van der Waals surface area contributed by atoms with Crippen LogP contribution in [0.5, 0.6) is 0 Å². The van der Waals surface area contributed by atoms with Gasteiger partial charge in [-0.15, -0.1) is 0 Å². The topological polar surface area (TPSA) is 65.3 Å². The largest absolute Gasteiger partial charge is 0.271 e. The second kappa shape index (κ2) is 5.93. The minimum atomic E-state index is -0.878. The highest BCUT2D eigenvalue weighted by molar-refractivity contribution is 6.30. The number of hydrogen-bond donors (Lipinski definition) is 0. The summed E-state index contributed by atoms with van der Waals surface area (Å²) in [6, 6.07) is 10.7. The van der Waals surface area contributed by atoms with Crippen LogP contribution in [0.1, 0.15) is 5.56 Å². The molecule has 0 N–H and O–H groups in total. The summed E-state index contributed by atoms with van der Waals surface area (Å²) in [4.78, 5) is 26.4. The van der Waals surface area contributed by atoms with Crippen molar-refractivity contribution in [1.29, 1.82) is 0 Å². The highest BCUT2D eigenvalue weighted by Gasteiger charge is 2.54. The third-order valence-electron chi connectivity index (χ3n) is 4.18. The first kappa shape index (κ1) is 15.7. The van der Waals surface area contributed by atoms with E-state index in [1.165, 1.54) is 29.3 Å². The van der Waals surface area contributed by atoms with Crippen molar-refractivity contribution in [3.63, 3.8) is 0 Å². The van der Waals surface area contributed by atoms with Crippen LogP contribution in [0.4, 0.5) is 10.1 Å². The summed E-state index contributed by atoms with van der Waals surface area (Å²) in [5.41, 5.74) is 1.18. The van der Waals surface area contributed by atoms with Crippen molar-refractivity contribution >= 4 is 29.1 Å². The summed E-state index contributed by atoms with van der Waals surface area (Å²) in [5.74, 6) is -1.32. The van der Waals surface area contributed by atoms with Gasteiger partial charge in [0.25, 0.3) is 11.8 Å². The van der Waals surface area contributed by atoms with E-state index in [0.29, 0.717) is 17.3 Å². The molecule has 2 heterocycles. The Morgan fingerprint density at radius 2 is 1.84 bits per heavy atom. The van der Waals surface area contributed by atoms with Crippen molar-refractivity contribution in [3.05, 3.63) is 64.9 Å². The highest BCUT2D eigenvalue weighted by atomic mass is 35.5. The van der Waals surface area contributed by atoms with E-state index in [1.54, 1.807) is 18.2 Å². The Labute approximate surface area is 147 Å². The Balaban J connectivity index is 1.60. The number of rotatable bonds is 3. The lowest BCUT2D eigenvalue weighted by Gasteiger charge is -2.20. The van der Waals surface area contributed by atoms with Gasteiger partial charge in [-0.05, 0) is 42.0 Å². The molecule has 8 heteroatoms. The van der Waals surface area contributed by atoms with Gasteiger partial charge in [0.1, 0.15) is 5.82 Å². The summed E-state index contributed by atoms with van der Waals surface area (Å²) in [6.07, 6.45) is 0. The molecular weight excluding hydrogens is 347 g/mol. The van der Waals surface area contributed by atoms with Gasteiger partial charge in [0.05, 0.1) is 12.2 Å². The van der Waals surface area contributed by atoms with Crippen molar-refractivity contribution < 1.29 is 14.0 Å². The third kappa shape index (κ3) is 2.66. The van der Waals surface area contributed by atoms with E-state index in [-0.39, 0.29) is 0 Å². The number of amides is 2. The van der Waals surface area contributed by atoms with E-state index < -0.39 is 29.7 Å². The van der Waals surface area contributed by atoms with E-state index in [0.717, 1.165) is 10.5 Å². The first-order valence-electron chi connectivity index (χ1n) is 7.60. The number of carbonyl (C=O) groups is 2. The molecule has 2 aliphatic heterocycles. The van der Waals surface area contributed by atoms with Gasteiger partial charge in [-0.3, -0.25) is 14.6 Å². The molecule has 0 aliphatic carbocycles. The molecule has 4 rings (SSSR count). The number of fused-ring (bicyclic) bond motifs is 1. The predicted octanol–water partition coefficient (Wildman–Crippen LogP) is 2.97. The molecule has 25 heavy (non-hydrogen) atoms. The average Bonchev–Trinajstić information content (AvgIpc) is 3.10. The van der Waals surface area contributed by atoms with Crippen LogP contribution in [-0.4, -0.2) is 28.9 Å². The maximum absolute atomic E-state index is 13.1. The number of imide groups is 1. The van der Waals surface area contributed by atoms with Gasteiger partial charge >= 0.3 is 0 Å². The van der Waals surface area contributed by atoms with Gasteiger partial charge in [-0.1, -0.05) is 29.0 Å². The van der Waals surface area contributed by atoms with Gasteiger partial charge in [-0.25, -0.2) is 9.29 Å². The average molecular weight is 359 g/mol. The molecule has 0 aromatic heterocycles. The van der Waals surface area contributed by atoms with E-state index in [2.05, 4.69) is 10.3 Å². The number of anilines is 1.